The first-order chi connectivity index (χ1) is 15.5. The molecule has 0 aliphatic rings. The van der Waals surface area contributed by atoms with Gasteiger partial charge in [-0.25, -0.2) is 0 Å². The Morgan fingerprint density at radius 1 is 0.688 bits per heavy atom. The van der Waals surface area contributed by atoms with Crippen LogP contribution in [0.15, 0.2) is 36.4 Å². The van der Waals surface area contributed by atoms with E-state index < -0.39 is 0 Å². The van der Waals surface area contributed by atoms with E-state index in [9.17, 15) is 0 Å². The molecule has 182 valence electrons. The molecular formula is C30H52N2. The molecule has 0 amide bonds. The number of anilines is 2. The van der Waals surface area contributed by atoms with Crippen molar-refractivity contribution in [3.8, 4) is 11.1 Å². The van der Waals surface area contributed by atoms with Crippen LogP contribution < -0.4 is 11.1 Å². The average Bonchev–Trinajstić information content (AvgIpc) is 2.78. The first kappa shape index (κ1) is 26.3. The van der Waals surface area contributed by atoms with Crippen LogP contribution in [0.4, 0.5) is 11.4 Å². The molecule has 2 aromatic rings. The summed E-state index contributed by atoms with van der Waals surface area (Å²) in [4.78, 5) is 0. The highest BCUT2D eigenvalue weighted by Crippen LogP contribution is 2.28. The second-order valence-corrected chi connectivity index (χ2v) is 9.70. The van der Waals surface area contributed by atoms with Crippen LogP contribution in [0.1, 0.15) is 111 Å². The Morgan fingerprint density at radius 2 is 1.19 bits per heavy atom. The van der Waals surface area contributed by atoms with Crippen LogP contribution in [0.5, 0.6) is 0 Å². The Labute approximate surface area is 201 Å². The van der Waals surface area contributed by atoms with Crippen molar-refractivity contribution in [2.45, 2.75) is 117 Å². The lowest BCUT2D eigenvalue weighted by Gasteiger charge is -2.22. The molecule has 32 heavy (non-hydrogen) atoms. The maximum absolute atomic E-state index is 6.01. The van der Waals surface area contributed by atoms with Crippen LogP contribution in [0, 0.1) is 13.8 Å². The standard InChI is InChI=1S/C30H48N2.2H2/c1-5-7-9-11-13-15-17-28(16-14-12-10-8-6-2)32-30-21-19-27(23-25(30)4)26-18-20-29(31)24(3)22-26;;/h18-23,28,32H,5-17,31H2,1-4H3;2*1H. The third-order valence-electron chi connectivity index (χ3n) is 6.75. The van der Waals surface area contributed by atoms with Crippen LogP contribution in [-0.4, -0.2) is 6.04 Å². The van der Waals surface area contributed by atoms with E-state index in [1.165, 1.54) is 106 Å². The zero-order valence-corrected chi connectivity index (χ0v) is 21.3. The van der Waals surface area contributed by atoms with E-state index in [0.717, 1.165) is 11.3 Å². The fraction of sp³-hybridized carbons (Fsp3) is 0.600. The van der Waals surface area contributed by atoms with Gasteiger partial charge in [-0.3, -0.25) is 0 Å². The summed E-state index contributed by atoms with van der Waals surface area (Å²) in [7, 11) is 0. The molecule has 0 fully saturated rings. The first-order valence-electron chi connectivity index (χ1n) is 13.3. The lowest BCUT2D eigenvalue weighted by Crippen LogP contribution is -2.20. The van der Waals surface area contributed by atoms with Crippen molar-refractivity contribution in [2.24, 2.45) is 0 Å². The second-order valence-electron chi connectivity index (χ2n) is 9.70. The number of nitrogens with two attached hydrogens (primary N) is 1. The number of benzene rings is 2. The predicted octanol–water partition coefficient (Wildman–Crippen LogP) is 9.94. The number of hydrogen-bond donors (Lipinski definition) is 2. The number of hydrogen-bond acceptors (Lipinski definition) is 2. The maximum Gasteiger partial charge on any atom is 0.0372 e. The van der Waals surface area contributed by atoms with E-state index in [2.05, 4.69) is 63.3 Å². The minimum atomic E-state index is 0. The van der Waals surface area contributed by atoms with Crippen molar-refractivity contribution in [1.82, 2.24) is 0 Å². The van der Waals surface area contributed by atoms with E-state index >= 15 is 0 Å². The maximum atomic E-state index is 6.01. The molecule has 0 heterocycles. The minimum absolute atomic E-state index is 0. The molecule has 0 radical (unpaired) electrons. The Balaban J connectivity index is 0.00000544. The quantitative estimate of drug-likeness (QED) is 0.201. The molecule has 1 unspecified atom stereocenters. The van der Waals surface area contributed by atoms with Gasteiger partial charge in [-0.15, -0.1) is 0 Å². The Hall–Kier alpha value is -1.96. The highest BCUT2D eigenvalue weighted by atomic mass is 14.9. The summed E-state index contributed by atoms with van der Waals surface area (Å²) >= 11 is 0. The van der Waals surface area contributed by atoms with E-state index in [0.29, 0.717) is 6.04 Å². The van der Waals surface area contributed by atoms with Gasteiger partial charge in [0.25, 0.3) is 0 Å². The molecule has 2 aromatic carbocycles. The summed E-state index contributed by atoms with van der Waals surface area (Å²) in [6.07, 6.45) is 17.6. The van der Waals surface area contributed by atoms with Crippen LogP contribution in [0.3, 0.4) is 0 Å². The molecule has 1 atom stereocenters. The van der Waals surface area contributed by atoms with Gasteiger partial charge < -0.3 is 11.1 Å². The fourth-order valence-electron chi connectivity index (χ4n) is 4.53. The van der Waals surface area contributed by atoms with Crippen LogP contribution in [-0.2, 0) is 0 Å². The largest absolute Gasteiger partial charge is 0.399 e. The molecular weight excluding hydrogens is 388 g/mol. The number of unbranched alkanes of at least 4 members (excludes halogenated alkanes) is 9. The van der Waals surface area contributed by atoms with E-state index in [4.69, 9.17) is 5.73 Å². The number of nitrogen functional groups attached to an aromatic ring is 1. The minimum Gasteiger partial charge on any atom is -0.399 e. The molecule has 0 bridgehead atoms. The van der Waals surface area contributed by atoms with Gasteiger partial charge in [0.1, 0.15) is 0 Å². The lowest BCUT2D eigenvalue weighted by molar-refractivity contribution is 0.504. The number of rotatable bonds is 16. The third-order valence-corrected chi connectivity index (χ3v) is 6.75. The van der Waals surface area contributed by atoms with E-state index in [1.54, 1.807) is 0 Å². The van der Waals surface area contributed by atoms with Crippen molar-refractivity contribution < 1.29 is 2.85 Å². The molecule has 0 aliphatic carbocycles. The molecule has 0 aromatic heterocycles. The molecule has 0 saturated carbocycles. The zero-order valence-electron chi connectivity index (χ0n) is 21.3. The van der Waals surface area contributed by atoms with Gasteiger partial charge in [0.2, 0.25) is 0 Å². The number of nitrogens with one attached hydrogen (secondary N) is 1. The van der Waals surface area contributed by atoms with E-state index in [1.807, 2.05) is 6.07 Å². The Morgan fingerprint density at radius 3 is 1.72 bits per heavy atom. The Bertz CT molecular complexity index is 791. The summed E-state index contributed by atoms with van der Waals surface area (Å²) < 4.78 is 0. The third kappa shape index (κ3) is 9.27. The van der Waals surface area contributed by atoms with E-state index in [-0.39, 0.29) is 2.85 Å². The number of aryl methyl sites for hydroxylation is 2. The lowest BCUT2D eigenvalue weighted by atomic mass is 9.98. The van der Waals surface area contributed by atoms with Gasteiger partial charge in [-0.1, -0.05) is 96.6 Å². The summed E-state index contributed by atoms with van der Waals surface area (Å²) in [5.41, 5.74) is 13.1. The van der Waals surface area contributed by atoms with Gasteiger partial charge in [0, 0.05) is 20.3 Å². The smallest absolute Gasteiger partial charge is 0.0372 e. The average molecular weight is 441 g/mol. The SMILES string of the molecule is CCCCCCCCC(CCCCCCC)Nc1ccc(-c2ccc(N)c(C)c2)cc1C.[HH].[HH]. The van der Waals surface area contributed by atoms with Gasteiger partial charge in [-0.2, -0.15) is 0 Å². The molecule has 2 heteroatoms. The van der Waals surface area contributed by atoms with Crippen LogP contribution >= 0.6 is 0 Å². The summed E-state index contributed by atoms with van der Waals surface area (Å²) in [6, 6.07) is 13.8. The highest BCUT2D eigenvalue weighted by Gasteiger charge is 2.11. The second kappa shape index (κ2) is 15.0. The van der Waals surface area contributed by atoms with Crippen LogP contribution in [0.2, 0.25) is 0 Å². The topological polar surface area (TPSA) is 38.0 Å². The van der Waals surface area contributed by atoms with Crippen molar-refractivity contribution >= 4 is 11.4 Å². The molecule has 0 aliphatic heterocycles. The molecule has 2 nitrogen and oxygen atoms in total. The fourth-order valence-corrected chi connectivity index (χ4v) is 4.53. The first-order valence-corrected chi connectivity index (χ1v) is 13.3. The molecule has 3 N–H and O–H groups in total. The molecule has 0 spiro atoms. The van der Waals surface area contributed by atoms with Crippen LogP contribution in [0.25, 0.3) is 11.1 Å². The summed E-state index contributed by atoms with van der Waals surface area (Å²) in [5.74, 6) is 0. The van der Waals surface area contributed by atoms with Crippen molar-refractivity contribution in [3.63, 3.8) is 0 Å². The van der Waals surface area contributed by atoms with Gasteiger partial charge in [0.05, 0.1) is 0 Å². The monoisotopic (exact) mass is 440 g/mol. The highest BCUT2D eigenvalue weighted by molar-refractivity contribution is 5.71. The van der Waals surface area contributed by atoms with Gasteiger partial charge in [-0.05, 0) is 73.2 Å². The normalized spacial score (nSPS) is 12.1. The summed E-state index contributed by atoms with van der Waals surface area (Å²) in [6.45, 7) is 8.90. The summed E-state index contributed by atoms with van der Waals surface area (Å²) in [5, 5.41) is 3.92. The van der Waals surface area contributed by atoms with Crippen molar-refractivity contribution in [2.75, 3.05) is 11.1 Å². The zero-order chi connectivity index (χ0) is 23.2. The predicted molar refractivity (Wildman–Crippen MR) is 149 cm³/mol. The molecule has 2 rings (SSSR count). The van der Waals surface area contributed by atoms with Crippen molar-refractivity contribution in [1.29, 1.82) is 0 Å². The van der Waals surface area contributed by atoms with Gasteiger partial charge in [0.15, 0.2) is 0 Å². The molecule has 0 saturated heterocycles. The van der Waals surface area contributed by atoms with Gasteiger partial charge >= 0.3 is 0 Å². The Kier molecular flexibility index (Phi) is 12.3. The van der Waals surface area contributed by atoms with Crippen molar-refractivity contribution in [3.05, 3.63) is 47.5 Å².